The van der Waals surface area contributed by atoms with Gasteiger partial charge in [-0.05, 0) is 29.8 Å². The largest absolute Gasteiger partial charge is 0.496 e. The molecule has 0 aliphatic rings. The van der Waals surface area contributed by atoms with Crippen molar-refractivity contribution in [1.29, 1.82) is 0 Å². The number of hydrogen-bond acceptors (Lipinski definition) is 1. The van der Waals surface area contributed by atoms with Crippen molar-refractivity contribution in [1.82, 2.24) is 0 Å². The van der Waals surface area contributed by atoms with Crippen LogP contribution in [0.3, 0.4) is 0 Å². The minimum Gasteiger partial charge on any atom is -0.496 e. The Kier molecular flexibility index (Phi) is 3.28. The quantitative estimate of drug-likeness (QED) is 0.778. The molecular formula is C14H10F3O. The van der Waals surface area contributed by atoms with Gasteiger partial charge in [0.25, 0.3) is 0 Å². The van der Waals surface area contributed by atoms with E-state index in [1.54, 1.807) is 24.3 Å². The molecule has 0 aliphatic carbocycles. The summed E-state index contributed by atoms with van der Waals surface area (Å²) in [5, 5.41) is 0. The first-order valence-corrected chi connectivity index (χ1v) is 5.24. The lowest BCUT2D eigenvalue weighted by atomic mass is 10.0. The maximum Gasteiger partial charge on any atom is 0.416 e. The normalized spacial score (nSPS) is 11.3. The third kappa shape index (κ3) is 2.47. The molecule has 93 valence electrons. The third-order valence-corrected chi connectivity index (χ3v) is 2.52. The zero-order valence-electron chi connectivity index (χ0n) is 9.58. The van der Waals surface area contributed by atoms with Gasteiger partial charge in [-0.15, -0.1) is 0 Å². The van der Waals surface area contributed by atoms with Gasteiger partial charge in [-0.1, -0.05) is 24.3 Å². The molecule has 0 saturated heterocycles. The third-order valence-electron chi connectivity index (χ3n) is 2.52. The molecule has 0 spiro atoms. The molecule has 1 radical (unpaired) electrons. The first-order chi connectivity index (χ1) is 8.52. The minimum absolute atomic E-state index is 0.433. The second-order valence-electron chi connectivity index (χ2n) is 3.69. The Balaban J connectivity index is 2.51. The zero-order valence-corrected chi connectivity index (χ0v) is 9.58. The van der Waals surface area contributed by atoms with Gasteiger partial charge in [0.2, 0.25) is 0 Å². The molecule has 2 aromatic carbocycles. The Morgan fingerprint density at radius 2 is 1.89 bits per heavy atom. The van der Waals surface area contributed by atoms with Crippen LogP contribution in [0.15, 0.2) is 42.5 Å². The van der Waals surface area contributed by atoms with Crippen LogP contribution in [0.4, 0.5) is 13.2 Å². The number of rotatable bonds is 2. The molecule has 4 heteroatoms. The SMILES string of the molecule is COc1ccc[c]c1-c1cccc(C(F)(F)F)c1. The average molecular weight is 251 g/mol. The highest BCUT2D eigenvalue weighted by atomic mass is 19.4. The maximum atomic E-state index is 12.6. The topological polar surface area (TPSA) is 9.23 Å². The molecule has 0 aromatic heterocycles. The van der Waals surface area contributed by atoms with Crippen LogP contribution in [0.1, 0.15) is 5.56 Å². The van der Waals surface area contributed by atoms with Crippen LogP contribution in [0.25, 0.3) is 11.1 Å². The van der Waals surface area contributed by atoms with Crippen molar-refractivity contribution in [3.05, 3.63) is 54.1 Å². The van der Waals surface area contributed by atoms with E-state index in [9.17, 15) is 13.2 Å². The number of halogens is 3. The zero-order chi connectivity index (χ0) is 13.2. The van der Waals surface area contributed by atoms with Gasteiger partial charge in [-0.3, -0.25) is 0 Å². The Labute approximate surface area is 103 Å². The summed E-state index contributed by atoms with van der Waals surface area (Å²) in [5.74, 6) is 0.497. The first kappa shape index (κ1) is 12.5. The van der Waals surface area contributed by atoms with Crippen molar-refractivity contribution in [3.8, 4) is 16.9 Å². The summed E-state index contributed by atoms with van der Waals surface area (Å²) in [6.07, 6.45) is -4.35. The molecule has 0 fully saturated rings. The van der Waals surface area contributed by atoms with Crippen molar-refractivity contribution in [3.63, 3.8) is 0 Å². The monoisotopic (exact) mass is 251 g/mol. The molecule has 0 aliphatic heterocycles. The van der Waals surface area contributed by atoms with Crippen LogP contribution >= 0.6 is 0 Å². The first-order valence-electron chi connectivity index (χ1n) is 5.24. The second-order valence-corrected chi connectivity index (χ2v) is 3.69. The van der Waals surface area contributed by atoms with Gasteiger partial charge in [0, 0.05) is 5.56 Å². The van der Waals surface area contributed by atoms with E-state index in [2.05, 4.69) is 6.07 Å². The summed E-state index contributed by atoms with van der Waals surface area (Å²) in [7, 11) is 1.47. The number of alkyl halides is 3. The van der Waals surface area contributed by atoms with Crippen LogP contribution in [0.5, 0.6) is 5.75 Å². The highest BCUT2D eigenvalue weighted by Gasteiger charge is 2.30. The fraction of sp³-hybridized carbons (Fsp3) is 0.143. The van der Waals surface area contributed by atoms with Gasteiger partial charge < -0.3 is 4.74 Å². The van der Waals surface area contributed by atoms with Gasteiger partial charge in [0.15, 0.2) is 0 Å². The van der Waals surface area contributed by atoms with E-state index in [1.165, 1.54) is 13.2 Å². The van der Waals surface area contributed by atoms with Gasteiger partial charge in [-0.2, -0.15) is 13.2 Å². The van der Waals surface area contributed by atoms with Crippen molar-refractivity contribution >= 4 is 0 Å². The van der Waals surface area contributed by atoms with Crippen LogP contribution in [-0.4, -0.2) is 7.11 Å². The van der Waals surface area contributed by atoms with E-state index in [-0.39, 0.29) is 0 Å². The molecule has 2 rings (SSSR count). The highest BCUT2D eigenvalue weighted by molar-refractivity contribution is 5.70. The highest BCUT2D eigenvalue weighted by Crippen LogP contribution is 2.34. The maximum absolute atomic E-state index is 12.6. The number of hydrogen-bond donors (Lipinski definition) is 0. The minimum atomic E-state index is -4.35. The van der Waals surface area contributed by atoms with Gasteiger partial charge >= 0.3 is 6.18 Å². The lowest BCUT2D eigenvalue weighted by Crippen LogP contribution is -2.04. The molecule has 18 heavy (non-hydrogen) atoms. The van der Waals surface area contributed by atoms with E-state index in [0.29, 0.717) is 16.9 Å². The van der Waals surface area contributed by atoms with E-state index in [0.717, 1.165) is 12.1 Å². The van der Waals surface area contributed by atoms with Crippen molar-refractivity contribution < 1.29 is 17.9 Å². The van der Waals surface area contributed by atoms with Crippen molar-refractivity contribution in [2.45, 2.75) is 6.18 Å². The van der Waals surface area contributed by atoms with E-state index < -0.39 is 11.7 Å². The summed E-state index contributed by atoms with van der Waals surface area (Å²) in [5.41, 5.74) is 0.271. The van der Waals surface area contributed by atoms with Crippen molar-refractivity contribution in [2.75, 3.05) is 7.11 Å². The van der Waals surface area contributed by atoms with Gasteiger partial charge in [0.1, 0.15) is 5.75 Å². The van der Waals surface area contributed by atoms with E-state index >= 15 is 0 Å². The molecular weight excluding hydrogens is 241 g/mol. The molecule has 0 bridgehead atoms. The van der Waals surface area contributed by atoms with Crippen molar-refractivity contribution in [2.24, 2.45) is 0 Å². The molecule has 2 aromatic rings. The summed E-state index contributed by atoms with van der Waals surface area (Å²) in [6, 6.07) is 13.0. The smallest absolute Gasteiger partial charge is 0.416 e. The number of benzene rings is 2. The summed E-state index contributed by atoms with van der Waals surface area (Å²) in [6.45, 7) is 0. The summed E-state index contributed by atoms with van der Waals surface area (Å²) < 4.78 is 43.0. The average Bonchev–Trinajstić information content (AvgIpc) is 2.38. The summed E-state index contributed by atoms with van der Waals surface area (Å²) in [4.78, 5) is 0. The number of ether oxygens (including phenoxy) is 1. The van der Waals surface area contributed by atoms with Crippen LogP contribution in [0.2, 0.25) is 0 Å². The molecule has 0 heterocycles. The molecule has 1 nitrogen and oxygen atoms in total. The fourth-order valence-electron chi connectivity index (χ4n) is 1.67. The molecule has 0 unspecified atom stereocenters. The van der Waals surface area contributed by atoms with Crippen LogP contribution in [0, 0.1) is 6.07 Å². The van der Waals surface area contributed by atoms with Gasteiger partial charge in [-0.25, -0.2) is 0 Å². The standard InChI is InChI=1S/C14H10F3O/c1-18-13-8-3-2-7-12(13)10-5-4-6-11(9-10)14(15,16)17/h2-6,8-9H,1H3. The number of methoxy groups -OCH3 is 1. The second kappa shape index (κ2) is 4.72. The van der Waals surface area contributed by atoms with Gasteiger partial charge in [0.05, 0.1) is 12.7 Å². The van der Waals surface area contributed by atoms with Crippen LogP contribution < -0.4 is 4.74 Å². The molecule has 0 saturated carbocycles. The Morgan fingerprint density at radius 1 is 1.11 bits per heavy atom. The predicted octanol–water partition coefficient (Wildman–Crippen LogP) is 4.18. The Bertz CT molecular complexity index is 547. The lowest BCUT2D eigenvalue weighted by molar-refractivity contribution is -0.137. The van der Waals surface area contributed by atoms with E-state index in [4.69, 9.17) is 4.74 Å². The van der Waals surface area contributed by atoms with E-state index in [1.807, 2.05) is 0 Å². The Morgan fingerprint density at radius 3 is 2.56 bits per heavy atom. The molecule has 0 amide bonds. The fourth-order valence-corrected chi connectivity index (χ4v) is 1.67. The Hall–Kier alpha value is -1.97. The molecule has 0 atom stereocenters. The lowest BCUT2D eigenvalue weighted by Gasteiger charge is -2.11. The predicted molar refractivity (Wildman–Crippen MR) is 62.3 cm³/mol. The molecule has 0 N–H and O–H groups in total. The summed E-state index contributed by atoms with van der Waals surface area (Å²) >= 11 is 0. The van der Waals surface area contributed by atoms with Crippen LogP contribution in [-0.2, 0) is 6.18 Å².